The van der Waals surface area contributed by atoms with E-state index >= 15 is 0 Å². The molecule has 3 heterocycles. The zero-order chi connectivity index (χ0) is 22.1. The molecule has 0 radical (unpaired) electrons. The number of amides is 2. The van der Waals surface area contributed by atoms with Crippen LogP contribution in [0.1, 0.15) is 34.1 Å². The second-order valence-corrected chi connectivity index (χ2v) is 8.66. The predicted octanol–water partition coefficient (Wildman–Crippen LogP) is 3.30. The Morgan fingerprint density at radius 1 is 1.23 bits per heavy atom. The number of benzene rings is 1. The van der Waals surface area contributed by atoms with Crippen molar-refractivity contribution in [3.63, 3.8) is 0 Å². The highest BCUT2D eigenvalue weighted by Gasteiger charge is 2.36. The number of carbonyl (C=O) groups is 3. The molecule has 0 spiro atoms. The van der Waals surface area contributed by atoms with Crippen LogP contribution in [0.15, 0.2) is 18.2 Å². The lowest BCUT2D eigenvalue weighted by Gasteiger charge is -2.22. The molecule has 4 rings (SSSR count). The third-order valence-corrected chi connectivity index (χ3v) is 6.56. The first-order chi connectivity index (χ1) is 14.9. The van der Waals surface area contributed by atoms with Crippen molar-refractivity contribution in [1.82, 2.24) is 0 Å². The predicted molar refractivity (Wildman–Crippen MR) is 116 cm³/mol. The number of anilines is 2. The van der Waals surface area contributed by atoms with Crippen LogP contribution in [-0.4, -0.2) is 44.1 Å². The Morgan fingerprint density at radius 3 is 2.71 bits per heavy atom. The Morgan fingerprint density at radius 2 is 1.97 bits per heavy atom. The summed E-state index contributed by atoms with van der Waals surface area (Å²) >= 11 is 1.33. The van der Waals surface area contributed by atoms with Crippen LogP contribution in [0.3, 0.4) is 0 Å². The third-order valence-electron chi connectivity index (χ3n) is 5.43. The molecule has 2 aliphatic rings. The van der Waals surface area contributed by atoms with Gasteiger partial charge >= 0.3 is 5.97 Å². The molecule has 1 aromatic heterocycles. The summed E-state index contributed by atoms with van der Waals surface area (Å²) in [6.07, 6.45) is 0.0956. The van der Waals surface area contributed by atoms with Crippen LogP contribution in [0.5, 0.6) is 11.5 Å². The van der Waals surface area contributed by atoms with Gasteiger partial charge in [0.25, 0.3) is 0 Å². The van der Waals surface area contributed by atoms with Gasteiger partial charge in [-0.05, 0) is 38.5 Å². The number of aryl methyl sites for hydroxylation is 1. The zero-order valence-corrected chi connectivity index (χ0v) is 18.5. The van der Waals surface area contributed by atoms with Crippen LogP contribution in [0.4, 0.5) is 10.7 Å². The van der Waals surface area contributed by atoms with Gasteiger partial charge in [0.2, 0.25) is 11.8 Å². The summed E-state index contributed by atoms with van der Waals surface area (Å²) in [6, 6.07) is 5.32. The number of nitrogens with one attached hydrogen (secondary N) is 1. The fourth-order valence-corrected chi connectivity index (χ4v) is 4.76. The number of hydrogen-bond donors (Lipinski definition) is 1. The maximum absolute atomic E-state index is 12.9. The standard InChI is InChI=1S/C22H24N2O6S/c1-4-28-22(27)19-12(2)13(3)31-21(19)23-20(26)14-9-18(25)24(11-14)15-5-6-16-17(10-15)30-8-7-29-16/h5-6,10,14H,4,7-9,11H2,1-3H3,(H,23,26). The first-order valence-corrected chi connectivity index (χ1v) is 11.0. The number of carbonyl (C=O) groups excluding carboxylic acids is 3. The second kappa shape index (κ2) is 8.58. The summed E-state index contributed by atoms with van der Waals surface area (Å²) in [4.78, 5) is 40.4. The molecule has 1 N–H and O–H groups in total. The highest BCUT2D eigenvalue weighted by atomic mass is 32.1. The summed E-state index contributed by atoms with van der Waals surface area (Å²) in [5.74, 6) is -0.182. The highest BCUT2D eigenvalue weighted by Crippen LogP contribution is 2.37. The van der Waals surface area contributed by atoms with E-state index in [4.69, 9.17) is 14.2 Å². The molecule has 31 heavy (non-hydrogen) atoms. The zero-order valence-electron chi connectivity index (χ0n) is 17.6. The van der Waals surface area contributed by atoms with Gasteiger partial charge in [0, 0.05) is 29.6 Å². The summed E-state index contributed by atoms with van der Waals surface area (Å²) in [5.41, 5.74) is 1.84. The first-order valence-electron chi connectivity index (χ1n) is 10.2. The van der Waals surface area contributed by atoms with Crippen LogP contribution in [-0.2, 0) is 14.3 Å². The van der Waals surface area contributed by atoms with Gasteiger partial charge in [0.1, 0.15) is 18.2 Å². The molecule has 2 amide bonds. The van der Waals surface area contributed by atoms with Gasteiger partial charge in [0.05, 0.1) is 18.1 Å². The molecule has 0 bridgehead atoms. The SMILES string of the molecule is CCOC(=O)c1c(NC(=O)C2CC(=O)N(c3ccc4c(c3)OCCO4)C2)sc(C)c1C. The summed E-state index contributed by atoms with van der Waals surface area (Å²) in [7, 11) is 0. The average Bonchev–Trinajstić information content (AvgIpc) is 3.27. The van der Waals surface area contributed by atoms with Crippen molar-refractivity contribution in [2.24, 2.45) is 5.92 Å². The van der Waals surface area contributed by atoms with E-state index in [0.29, 0.717) is 41.0 Å². The molecule has 1 atom stereocenters. The molecule has 1 aromatic carbocycles. The molecular weight excluding hydrogens is 420 g/mol. The minimum absolute atomic E-state index is 0.0956. The molecule has 2 aliphatic heterocycles. The number of nitrogens with zero attached hydrogens (tertiary/aromatic N) is 1. The van der Waals surface area contributed by atoms with Crippen LogP contribution >= 0.6 is 11.3 Å². The minimum Gasteiger partial charge on any atom is -0.486 e. The smallest absolute Gasteiger partial charge is 0.341 e. The Labute approximate surface area is 184 Å². The van der Waals surface area contributed by atoms with Crippen LogP contribution < -0.4 is 19.7 Å². The normalized spacial score (nSPS) is 17.6. The van der Waals surface area contributed by atoms with E-state index in [1.54, 1.807) is 30.0 Å². The van der Waals surface area contributed by atoms with E-state index in [-0.39, 0.29) is 31.4 Å². The maximum atomic E-state index is 12.9. The van der Waals surface area contributed by atoms with Gasteiger partial charge in [-0.3, -0.25) is 9.59 Å². The van der Waals surface area contributed by atoms with Crippen molar-refractivity contribution < 1.29 is 28.6 Å². The summed E-state index contributed by atoms with van der Waals surface area (Å²) in [6.45, 7) is 6.91. The molecule has 0 aliphatic carbocycles. The molecule has 164 valence electrons. The van der Waals surface area contributed by atoms with E-state index in [0.717, 1.165) is 10.4 Å². The van der Waals surface area contributed by atoms with Crippen molar-refractivity contribution >= 4 is 39.8 Å². The number of fused-ring (bicyclic) bond motifs is 1. The Balaban J connectivity index is 1.49. The van der Waals surface area contributed by atoms with Crippen molar-refractivity contribution in [2.45, 2.75) is 27.2 Å². The van der Waals surface area contributed by atoms with E-state index in [2.05, 4.69) is 5.32 Å². The number of thiophene rings is 1. The number of rotatable bonds is 5. The molecule has 1 fully saturated rings. The number of hydrogen-bond acceptors (Lipinski definition) is 7. The van der Waals surface area contributed by atoms with Gasteiger partial charge < -0.3 is 24.4 Å². The second-order valence-electron chi connectivity index (χ2n) is 7.43. The Hall–Kier alpha value is -3.07. The van der Waals surface area contributed by atoms with Gasteiger partial charge in [0.15, 0.2) is 11.5 Å². The summed E-state index contributed by atoms with van der Waals surface area (Å²) < 4.78 is 16.3. The first kappa shape index (κ1) is 21.2. The van der Waals surface area contributed by atoms with E-state index < -0.39 is 11.9 Å². The summed E-state index contributed by atoms with van der Waals surface area (Å²) in [5, 5.41) is 3.31. The van der Waals surface area contributed by atoms with Crippen LogP contribution in [0.2, 0.25) is 0 Å². The monoisotopic (exact) mass is 444 g/mol. The van der Waals surface area contributed by atoms with Gasteiger partial charge in [-0.15, -0.1) is 11.3 Å². The maximum Gasteiger partial charge on any atom is 0.341 e. The van der Waals surface area contributed by atoms with Crippen LogP contribution in [0, 0.1) is 19.8 Å². The van der Waals surface area contributed by atoms with Crippen molar-refractivity contribution in [1.29, 1.82) is 0 Å². The van der Waals surface area contributed by atoms with E-state index in [9.17, 15) is 14.4 Å². The minimum atomic E-state index is -0.529. The highest BCUT2D eigenvalue weighted by molar-refractivity contribution is 7.16. The lowest BCUT2D eigenvalue weighted by molar-refractivity contribution is -0.122. The quantitative estimate of drug-likeness (QED) is 0.711. The number of ether oxygens (including phenoxy) is 3. The lowest BCUT2D eigenvalue weighted by Crippen LogP contribution is -2.28. The Kier molecular flexibility index (Phi) is 5.86. The van der Waals surface area contributed by atoms with E-state index in [1.807, 2.05) is 13.8 Å². The third kappa shape index (κ3) is 4.10. The molecule has 9 heteroatoms. The van der Waals surface area contributed by atoms with Gasteiger partial charge in [-0.25, -0.2) is 4.79 Å². The fraction of sp³-hybridized carbons (Fsp3) is 0.409. The Bertz CT molecular complexity index is 1050. The number of esters is 1. The molecule has 0 saturated carbocycles. The molecule has 1 unspecified atom stereocenters. The van der Waals surface area contributed by atoms with Crippen molar-refractivity contribution in [2.75, 3.05) is 36.6 Å². The van der Waals surface area contributed by atoms with Gasteiger partial charge in [-0.1, -0.05) is 0 Å². The molecule has 1 saturated heterocycles. The average molecular weight is 445 g/mol. The van der Waals surface area contributed by atoms with Crippen LogP contribution in [0.25, 0.3) is 0 Å². The molecule has 8 nitrogen and oxygen atoms in total. The topological polar surface area (TPSA) is 94.2 Å². The fourth-order valence-electron chi connectivity index (χ4n) is 3.71. The van der Waals surface area contributed by atoms with Crippen molar-refractivity contribution in [3.05, 3.63) is 34.2 Å². The van der Waals surface area contributed by atoms with Gasteiger partial charge in [-0.2, -0.15) is 0 Å². The largest absolute Gasteiger partial charge is 0.486 e. The lowest BCUT2D eigenvalue weighted by atomic mass is 10.1. The van der Waals surface area contributed by atoms with E-state index in [1.165, 1.54) is 11.3 Å². The molecular formula is C22H24N2O6S. The van der Waals surface area contributed by atoms with Crippen molar-refractivity contribution in [3.8, 4) is 11.5 Å². The molecule has 2 aromatic rings.